The molecule has 1 aliphatic rings. The van der Waals surface area contributed by atoms with Crippen LogP contribution in [0.15, 0.2) is 18.6 Å². The first-order chi connectivity index (χ1) is 9.74. The molecule has 2 aromatic rings. The molecule has 3 heterocycles. The number of methoxy groups -OCH3 is 1. The normalized spacial score (nSPS) is 19.4. The summed E-state index contributed by atoms with van der Waals surface area (Å²) in [5, 5.41) is 0. The van der Waals surface area contributed by atoms with E-state index >= 15 is 0 Å². The Kier molecular flexibility index (Phi) is 3.64. The summed E-state index contributed by atoms with van der Waals surface area (Å²) in [6.07, 6.45) is 6.70. The fourth-order valence-corrected chi connectivity index (χ4v) is 2.63. The van der Waals surface area contributed by atoms with E-state index in [-0.39, 0.29) is 0 Å². The highest BCUT2D eigenvalue weighted by molar-refractivity contribution is 5.10. The minimum atomic E-state index is 0.416. The van der Waals surface area contributed by atoms with Gasteiger partial charge in [0.2, 0.25) is 0 Å². The first-order valence-corrected chi connectivity index (χ1v) is 6.83. The monoisotopic (exact) mass is 273 g/mol. The molecule has 20 heavy (non-hydrogen) atoms. The summed E-state index contributed by atoms with van der Waals surface area (Å²) < 4.78 is 4.97. The smallest absolute Gasteiger partial charge is 0.316 e. The summed E-state index contributed by atoms with van der Waals surface area (Å²) in [7, 11) is 1.57. The van der Waals surface area contributed by atoms with Crippen molar-refractivity contribution < 1.29 is 4.74 Å². The van der Waals surface area contributed by atoms with E-state index in [9.17, 15) is 0 Å². The highest BCUT2D eigenvalue weighted by Gasteiger charge is 2.25. The Hall–Kier alpha value is -1.95. The van der Waals surface area contributed by atoms with Gasteiger partial charge in [0, 0.05) is 48.9 Å². The van der Waals surface area contributed by atoms with Crippen molar-refractivity contribution in [2.75, 3.05) is 20.2 Å². The van der Waals surface area contributed by atoms with Crippen molar-refractivity contribution in [1.29, 1.82) is 0 Å². The molecule has 2 aromatic heterocycles. The van der Waals surface area contributed by atoms with E-state index in [1.54, 1.807) is 7.11 Å². The van der Waals surface area contributed by atoms with E-state index in [4.69, 9.17) is 4.74 Å². The lowest BCUT2D eigenvalue weighted by Crippen LogP contribution is -2.20. The Morgan fingerprint density at radius 3 is 2.75 bits per heavy atom. The molecular formula is C14H19N5O. The van der Waals surface area contributed by atoms with E-state index in [0.717, 1.165) is 43.1 Å². The molecule has 0 unspecified atom stereocenters. The number of likely N-dealkylation sites (tertiary alicyclic amines) is 1. The van der Waals surface area contributed by atoms with Crippen LogP contribution in [0.4, 0.5) is 0 Å². The zero-order valence-corrected chi connectivity index (χ0v) is 11.8. The molecule has 1 atom stereocenters. The summed E-state index contributed by atoms with van der Waals surface area (Å²) in [4.78, 5) is 18.5. The molecular weight excluding hydrogens is 254 g/mol. The molecule has 1 saturated heterocycles. The molecule has 0 bridgehead atoms. The van der Waals surface area contributed by atoms with Gasteiger partial charge in [0.15, 0.2) is 0 Å². The van der Waals surface area contributed by atoms with Crippen LogP contribution in [0.3, 0.4) is 0 Å². The van der Waals surface area contributed by atoms with Gasteiger partial charge in [-0.25, -0.2) is 15.0 Å². The lowest BCUT2D eigenvalue weighted by molar-refractivity contribution is 0.323. The van der Waals surface area contributed by atoms with E-state index in [2.05, 4.69) is 24.8 Å². The number of ether oxygens (including phenoxy) is 1. The minimum Gasteiger partial charge on any atom is -0.467 e. The number of hydrogen-bond donors (Lipinski definition) is 1. The van der Waals surface area contributed by atoms with Crippen molar-refractivity contribution in [2.24, 2.45) is 0 Å². The molecule has 1 N–H and O–H groups in total. The van der Waals surface area contributed by atoms with Gasteiger partial charge in [0.25, 0.3) is 0 Å². The highest BCUT2D eigenvalue weighted by Crippen LogP contribution is 2.26. The number of imidazole rings is 1. The van der Waals surface area contributed by atoms with Gasteiger partial charge in [-0.3, -0.25) is 4.90 Å². The van der Waals surface area contributed by atoms with Gasteiger partial charge in [-0.2, -0.15) is 0 Å². The van der Waals surface area contributed by atoms with E-state index in [1.807, 2.05) is 25.5 Å². The Balaban J connectivity index is 1.59. The third-order valence-corrected chi connectivity index (χ3v) is 3.65. The third-order valence-electron chi connectivity index (χ3n) is 3.65. The van der Waals surface area contributed by atoms with Gasteiger partial charge in [-0.15, -0.1) is 0 Å². The first-order valence-electron chi connectivity index (χ1n) is 6.83. The predicted octanol–water partition coefficient (Wildman–Crippen LogP) is 1.51. The molecule has 106 valence electrons. The molecule has 1 fully saturated rings. The maximum atomic E-state index is 4.97. The molecule has 0 spiro atoms. The summed E-state index contributed by atoms with van der Waals surface area (Å²) >= 11 is 0. The van der Waals surface area contributed by atoms with Crippen molar-refractivity contribution in [3.05, 3.63) is 35.7 Å². The Morgan fingerprint density at radius 1 is 1.30 bits per heavy atom. The molecule has 0 amide bonds. The maximum Gasteiger partial charge on any atom is 0.316 e. The SMILES string of the molecule is COc1ncc(CN2CC[C@H](c3ncc(C)[nH]3)C2)cn1. The molecule has 3 rings (SSSR count). The summed E-state index contributed by atoms with van der Waals surface area (Å²) in [6, 6.07) is 0.416. The number of nitrogens with zero attached hydrogens (tertiary/aromatic N) is 4. The van der Waals surface area contributed by atoms with Gasteiger partial charge in [0.05, 0.1) is 7.11 Å². The number of nitrogens with one attached hydrogen (secondary N) is 1. The number of aromatic amines is 1. The summed E-state index contributed by atoms with van der Waals surface area (Å²) in [5.74, 6) is 1.61. The molecule has 1 aliphatic heterocycles. The van der Waals surface area contributed by atoms with Gasteiger partial charge in [-0.1, -0.05) is 0 Å². The molecule has 6 heteroatoms. The number of rotatable bonds is 4. The van der Waals surface area contributed by atoms with Crippen LogP contribution < -0.4 is 4.74 Å². The first kappa shape index (κ1) is 13.1. The second-order valence-electron chi connectivity index (χ2n) is 5.25. The number of aryl methyl sites for hydroxylation is 1. The zero-order chi connectivity index (χ0) is 13.9. The van der Waals surface area contributed by atoms with Gasteiger partial charge in [0.1, 0.15) is 5.82 Å². The van der Waals surface area contributed by atoms with E-state index in [0.29, 0.717) is 11.9 Å². The number of aromatic nitrogens is 4. The van der Waals surface area contributed by atoms with Crippen LogP contribution in [0.5, 0.6) is 6.01 Å². The molecule has 0 saturated carbocycles. The van der Waals surface area contributed by atoms with Crippen molar-refractivity contribution in [3.8, 4) is 6.01 Å². The van der Waals surface area contributed by atoms with Crippen molar-refractivity contribution in [2.45, 2.75) is 25.8 Å². The fourth-order valence-electron chi connectivity index (χ4n) is 2.63. The van der Waals surface area contributed by atoms with Crippen LogP contribution in [-0.4, -0.2) is 45.0 Å². The second-order valence-corrected chi connectivity index (χ2v) is 5.25. The van der Waals surface area contributed by atoms with Crippen LogP contribution in [0.1, 0.15) is 29.4 Å². The average Bonchev–Trinajstić information content (AvgIpc) is 3.09. The minimum absolute atomic E-state index is 0.416. The van der Waals surface area contributed by atoms with Crippen molar-refractivity contribution >= 4 is 0 Å². The van der Waals surface area contributed by atoms with Gasteiger partial charge >= 0.3 is 6.01 Å². The Bertz CT molecular complexity index is 565. The van der Waals surface area contributed by atoms with Crippen LogP contribution in [0, 0.1) is 6.92 Å². The number of H-pyrrole nitrogens is 1. The van der Waals surface area contributed by atoms with Crippen LogP contribution >= 0.6 is 0 Å². The molecule has 0 radical (unpaired) electrons. The van der Waals surface area contributed by atoms with Crippen LogP contribution in [0.2, 0.25) is 0 Å². The zero-order valence-electron chi connectivity index (χ0n) is 11.8. The fraction of sp³-hybridized carbons (Fsp3) is 0.500. The lowest BCUT2D eigenvalue weighted by Gasteiger charge is -2.15. The molecule has 0 aromatic carbocycles. The molecule has 0 aliphatic carbocycles. The summed E-state index contributed by atoms with van der Waals surface area (Å²) in [5.41, 5.74) is 2.24. The maximum absolute atomic E-state index is 4.97. The highest BCUT2D eigenvalue weighted by atomic mass is 16.5. The quantitative estimate of drug-likeness (QED) is 0.914. The number of hydrogen-bond acceptors (Lipinski definition) is 5. The van der Waals surface area contributed by atoms with Crippen LogP contribution in [-0.2, 0) is 6.54 Å². The third kappa shape index (κ3) is 2.80. The van der Waals surface area contributed by atoms with E-state index in [1.165, 1.54) is 0 Å². The van der Waals surface area contributed by atoms with Crippen LogP contribution in [0.25, 0.3) is 0 Å². The Morgan fingerprint density at radius 2 is 2.10 bits per heavy atom. The largest absolute Gasteiger partial charge is 0.467 e. The van der Waals surface area contributed by atoms with Gasteiger partial charge < -0.3 is 9.72 Å². The lowest BCUT2D eigenvalue weighted by atomic mass is 10.1. The predicted molar refractivity (Wildman–Crippen MR) is 74.5 cm³/mol. The van der Waals surface area contributed by atoms with Crippen molar-refractivity contribution in [1.82, 2.24) is 24.8 Å². The van der Waals surface area contributed by atoms with Gasteiger partial charge in [-0.05, 0) is 19.9 Å². The molecule has 6 nitrogen and oxygen atoms in total. The standard InChI is InChI=1S/C14H19N5O/c1-10-5-15-13(18-10)12-3-4-19(9-12)8-11-6-16-14(20-2)17-7-11/h5-7,12H,3-4,8-9H2,1-2H3,(H,15,18)/t12-/m0/s1. The second kappa shape index (κ2) is 5.58. The van der Waals surface area contributed by atoms with Crippen molar-refractivity contribution in [3.63, 3.8) is 0 Å². The summed E-state index contributed by atoms with van der Waals surface area (Å²) in [6.45, 7) is 5.02. The average molecular weight is 273 g/mol. The topological polar surface area (TPSA) is 66.9 Å². The van der Waals surface area contributed by atoms with E-state index < -0.39 is 0 Å². The Labute approximate surface area is 118 Å².